The SMILES string of the molecule is CCOc1cc(CNCCc2ccccc2F)c(Cl)cc1OCc1ccc(F)cc1. The molecule has 0 aliphatic carbocycles. The van der Waals surface area contributed by atoms with Crippen molar-refractivity contribution in [1.82, 2.24) is 5.32 Å². The highest BCUT2D eigenvalue weighted by Gasteiger charge is 2.12. The third-order valence-corrected chi connectivity index (χ3v) is 4.92. The molecular formula is C24H24ClF2NO2. The Bertz CT molecular complexity index is 964. The molecule has 0 aromatic heterocycles. The lowest BCUT2D eigenvalue weighted by Crippen LogP contribution is -2.17. The summed E-state index contributed by atoms with van der Waals surface area (Å²) in [6.45, 7) is 3.78. The van der Waals surface area contributed by atoms with Crippen LogP contribution in [0.4, 0.5) is 8.78 Å². The highest BCUT2D eigenvalue weighted by atomic mass is 35.5. The number of benzene rings is 3. The van der Waals surface area contributed by atoms with Crippen molar-refractivity contribution in [1.29, 1.82) is 0 Å². The molecule has 158 valence electrons. The van der Waals surface area contributed by atoms with Gasteiger partial charge in [-0.2, -0.15) is 0 Å². The molecule has 0 bridgehead atoms. The molecule has 0 aliphatic rings. The molecule has 6 heteroatoms. The van der Waals surface area contributed by atoms with Gasteiger partial charge in [0.1, 0.15) is 18.2 Å². The van der Waals surface area contributed by atoms with E-state index in [4.69, 9.17) is 21.1 Å². The Morgan fingerprint density at radius 3 is 2.37 bits per heavy atom. The van der Waals surface area contributed by atoms with E-state index in [1.165, 1.54) is 18.2 Å². The van der Waals surface area contributed by atoms with Gasteiger partial charge in [0.15, 0.2) is 11.5 Å². The summed E-state index contributed by atoms with van der Waals surface area (Å²) in [7, 11) is 0. The largest absolute Gasteiger partial charge is 0.490 e. The van der Waals surface area contributed by atoms with Gasteiger partial charge >= 0.3 is 0 Å². The predicted octanol–water partition coefficient (Wildman–Crippen LogP) is 5.93. The summed E-state index contributed by atoms with van der Waals surface area (Å²) in [6.07, 6.45) is 0.585. The minimum Gasteiger partial charge on any atom is -0.490 e. The molecule has 3 aromatic rings. The summed E-state index contributed by atoms with van der Waals surface area (Å²) < 4.78 is 38.3. The van der Waals surface area contributed by atoms with Gasteiger partial charge in [0.2, 0.25) is 0 Å². The zero-order valence-corrected chi connectivity index (χ0v) is 17.5. The predicted molar refractivity (Wildman–Crippen MR) is 115 cm³/mol. The lowest BCUT2D eigenvalue weighted by molar-refractivity contribution is 0.269. The Hall–Kier alpha value is -2.63. The minimum absolute atomic E-state index is 0.196. The topological polar surface area (TPSA) is 30.5 Å². The fourth-order valence-electron chi connectivity index (χ4n) is 2.98. The van der Waals surface area contributed by atoms with Gasteiger partial charge < -0.3 is 14.8 Å². The van der Waals surface area contributed by atoms with E-state index in [1.807, 2.05) is 19.1 Å². The van der Waals surface area contributed by atoms with Crippen molar-refractivity contribution in [2.45, 2.75) is 26.5 Å². The molecule has 0 aliphatic heterocycles. The second-order valence-corrected chi connectivity index (χ2v) is 7.16. The Morgan fingerprint density at radius 2 is 1.63 bits per heavy atom. The minimum atomic E-state index is -0.288. The molecule has 3 aromatic carbocycles. The summed E-state index contributed by atoms with van der Waals surface area (Å²) in [5.74, 6) is 0.637. The van der Waals surface area contributed by atoms with Crippen LogP contribution in [-0.2, 0) is 19.6 Å². The Labute approximate surface area is 180 Å². The van der Waals surface area contributed by atoms with Crippen LogP contribution in [0.1, 0.15) is 23.6 Å². The molecule has 0 atom stereocenters. The standard InChI is InChI=1S/C24H24ClF2NO2/c1-2-29-23-13-19(15-28-12-11-18-5-3-4-6-22(18)27)21(25)14-24(23)30-16-17-7-9-20(26)10-8-17/h3-10,13-14,28H,2,11-12,15-16H2,1H3. The van der Waals surface area contributed by atoms with Crippen LogP contribution in [0.5, 0.6) is 11.5 Å². The van der Waals surface area contributed by atoms with E-state index >= 15 is 0 Å². The quantitative estimate of drug-likeness (QED) is 0.404. The van der Waals surface area contributed by atoms with Crippen molar-refractivity contribution in [3.63, 3.8) is 0 Å². The zero-order valence-electron chi connectivity index (χ0n) is 16.8. The smallest absolute Gasteiger partial charge is 0.163 e. The highest BCUT2D eigenvalue weighted by Crippen LogP contribution is 2.34. The molecule has 30 heavy (non-hydrogen) atoms. The van der Waals surface area contributed by atoms with Gasteiger partial charge in [-0.15, -0.1) is 0 Å². The van der Waals surface area contributed by atoms with E-state index in [-0.39, 0.29) is 18.2 Å². The molecule has 1 N–H and O–H groups in total. The Kier molecular flexibility index (Phi) is 8.05. The van der Waals surface area contributed by atoms with Gasteiger partial charge in [-0.3, -0.25) is 0 Å². The number of rotatable bonds is 10. The Morgan fingerprint density at radius 1 is 0.900 bits per heavy atom. The molecule has 0 saturated carbocycles. The van der Waals surface area contributed by atoms with E-state index in [0.29, 0.717) is 48.2 Å². The molecule has 0 fully saturated rings. The maximum Gasteiger partial charge on any atom is 0.163 e. The molecular weight excluding hydrogens is 408 g/mol. The molecule has 3 rings (SSSR count). The molecule has 0 unspecified atom stereocenters. The first-order chi connectivity index (χ1) is 14.6. The van der Waals surface area contributed by atoms with Gasteiger partial charge in [-0.25, -0.2) is 8.78 Å². The number of ether oxygens (including phenoxy) is 2. The molecule has 0 amide bonds. The number of hydrogen-bond acceptors (Lipinski definition) is 3. The van der Waals surface area contributed by atoms with Crippen molar-refractivity contribution in [2.75, 3.05) is 13.2 Å². The van der Waals surface area contributed by atoms with Gasteiger partial charge in [0.05, 0.1) is 6.61 Å². The molecule has 0 radical (unpaired) electrons. The number of halogens is 3. The summed E-state index contributed by atoms with van der Waals surface area (Å²) in [6, 6.07) is 16.5. The normalized spacial score (nSPS) is 10.8. The summed E-state index contributed by atoms with van der Waals surface area (Å²) in [5, 5.41) is 3.83. The van der Waals surface area contributed by atoms with Crippen LogP contribution in [0, 0.1) is 11.6 Å². The second-order valence-electron chi connectivity index (χ2n) is 6.76. The summed E-state index contributed by atoms with van der Waals surface area (Å²) >= 11 is 6.44. The third kappa shape index (κ3) is 6.18. The van der Waals surface area contributed by atoms with Crippen LogP contribution >= 0.6 is 11.6 Å². The lowest BCUT2D eigenvalue weighted by Gasteiger charge is -2.15. The van der Waals surface area contributed by atoms with E-state index in [0.717, 1.165) is 11.1 Å². The van der Waals surface area contributed by atoms with Crippen molar-refractivity contribution in [2.24, 2.45) is 0 Å². The van der Waals surface area contributed by atoms with Crippen molar-refractivity contribution < 1.29 is 18.3 Å². The van der Waals surface area contributed by atoms with E-state index < -0.39 is 0 Å². The van der Waals surface area contributed by atoms with E-state index in [9.17, 15) is 8.78 Å². The first kappa shape index (κ1) is 22.1. The highest BCUT2D eigenvalue weighted by molar-refractivity contribution is 6.31. The number of nitrogens with one attached hydrogen (secondary N) is 1. The molecule has 0 heterocycles. The average molecular weight is 432 g/mol. The fraction of sp³-hybridized carbons (Fsp3) is 0.250. The van der Waals surface area contributed by atoms with E-state index in [2.05, 4.69) is 5.32 Å². The van der Waals surface area contributed by atoms with Crippen molar-refractivity contribution >= 4 is 11.6 Å². The van der Waals surface area contributed by atoms with Crippen LogP contribution in [0.25, 0.3) is 0 Å². The number of hydrogen-bond donors (Lipinski definition) is 1. The average Bonchev–Trinajstić information content (AvgIpc) is 2.74. The fourth-order valence-corrected chi connectivity index (χ4v) is 3.20. The summed E-state index contributed by atoms with van der Waals surface area (Å²) in [4.78, 5) is 0. The molecule has 3 nitrogen and oxygen atoms in total. The summed E-state index contributed by atoms with van der Waals surface area (Å²) in [5.41, 5.74) is 2.38. The third-order valence-electron chi connectivity index (χ3n) is 4.56. The molecule has 0 spiro atoms. The van der Waals surface area contributed by atoms with E-state index in [1.54, 1.807) is 30.3 Å². The zero-order chi connectivity index (χ0) is 21.3. The van der Waals surface area contributed by atoms with Crippen LogP contribution in [0.2, 0.25) is 5.02 Å². The Balaban J connectivity index is 1.61. The van der Waals surface area contributed by atoms with Crippen LogP contribution < -0.4 is 14.8 Å². The van der Waals surface area contributed by atoms with Crippen LogP contribution in [0.15, 0.2) is 60.7 Å². The maximum absolute atomic E-state index is 13.7. The lowest BCUT2D eigenvalue weighted by atomic mass is 10.1. The molecule has 0 saturated heterocycles. The first-order valence-electron chi connectivity index (χ1n) is 9.83. The second kappa shape index (κ2) is 11.0. The first-order valence-corrected chi connectivity index (χ1v) is 10.2. The van der Waals surface area contributed by atoms with Gasteiger partial charge in [-0.1, -0.05) is 41.9 Å². The van der Waals surface area contributed by atoms with Crippen LogP contribution in [-0.4, -0.2) is 13.2 Å². The van der Waals surface area contributed by atoms with Crippen molar-refractivity contribution in [3.05, 3.63) is 94.0 Å². The van der Waals surface area contributed by atoms with Crippen LogP contribution in [0.3, 0.4) is 0 Å². The van der Waals surface area contributed by atoms with Gasteiger partial charge in [0, 0.05) is 17.6 Å². The maximum atomic E-state index is 13.7. The van der Waals surface area contributed by atoms with Crippen molar-refractivity contribution in [3.8, 4) is 11.5 Å². The monoisotopic (exact) mass is 431 g/mol. The van der Waals surface area contributed by atoms with Gasteiger partial charge in [0.25, 0.3) is 0 Å². The van der Waals surface area contributed by atoms with Gasteiger partial charge in [-0.05, 0) is 60.8 Å².